The maximum absolute atomic E-state index is 11.6. The van der Waals surface area contributed by atoms with Crippen LogP contribution in [-0.4, -0.2) is 279 Å². The Morgan fingerprint density at radius 2 is 0.721 bits per heavy atom. The van der Waals surface area contributed by atoms with Crippen LogP contribution in [0.15, 0.2) is 0 Å². The largest absolute Gasteiger partial charge is 0.379 e. The zero-order chi connectivity index (χ0) is 68.2. The molecule has 5 rings (SSSR count). The zero-order valence-electron chi connectivity index (χ0n) is 58.1. The van der Waals surface area contributed by atoms with Gasteiger partial charge >= 0.3 is 0 Å². The van der Waals surface area contributed by atoms with Gasteiger partial charge in [0.05, 0.1) is 57.9 Å². The van der Waals surface area contributed by atoms with Crippen LogP contribution in [0.1, 0.15) is 178 Å². The first-order valence-corrected chi connectivity index (χ1v) is 39.9. The third-order valence-electron chi connectivity index (χ3n) is 14.9. The lowest BCUT2D eigenvalue weighted by Crippen LogP contribution is -2.45. The van der Waals surface area contributed by atoms with E-state index in [9.17, 15) is 55.4 Å². The predicted molar refractivity (Wildman–Crippen MR) is 355 cm³/mol. The first-order valence-electron chi connectivity index (χ1n) is 30.9. The van der Waals surface area contributed by atoms with E-state index in [1.165, 1.54) is 35.6 Å². The summed E-state index contributed by atoms with van der Waals surface area (Å²) in [5.74, 6) is 0. The van der Waals surface area contributed by atoms with E-state index in [1.54, 1.807) is 101 Å². The Morgan fingerprint density at radius 3 is 0.907 bits per heavy atom. The van der Waals surface area contributed by atoms with Crippen molar-refractivity contribution in [3.63, 3.8) is 0 Å². The van der Waals surface area contributed by atoms with Gasteiger partial charge in [-0.3, -0.25) is 4.90 Å². The van der Waals surface area contributed by atoms with E-state index in [4.69, 9.17) is 9.47 Å². The highest BCUT2D eigenvalue weighted by Gasteiger charge is 2.33. The number of piperidine rings is 1. The Morgan fingerprint density at radius 1 is 0.430 bits per heavy atom. The SMILES string of the molecule is CC(C)N1CCC([N+](C)=O)CC1.CC(C)N1CCOCC1.CC(C)S(=O)(=O)N(C)C.CC(C)S(=O)(=O)N(C)C(C)(C)C.CC(C)S(=O)(=O)N1CCC1.CC(C)S(=O)(=O)N1CCCC1.CC(C)S(=O)(=O)N1CCOCC1.CCN(CC)S(=O)(=O)C(C)C. The summed E-state index contributed by atoms with van der Waals surface area (Å²) in [5.41, 5.74) is -0.330. The molecular weight excluding hydrogens is 1230 g/mol. The van der Waals surface area contributed by atoms with Crippen LogP contribution in [0.3, 0.4) is 0 Å². The van der Waals surface area contributed by atoms with Gasteiger partial charge < -0.3 is 14.4 Å². The Balaban J connectivity index is -0.000000917. The van der Waals surface area contributed by atoms with Crippen molar-refractivity contribution in [3.05, 3.63) is 4.91 Å². The molecule has 0 spiro atoms. The summed E-state index contributed by atoms with van der Waals surface area (Å²) >= 11 is 0. The number of rotatable bonds is 17. The van der Waals surface area contributed by atoms with Gasteiger partial charge in [-0.05, 0) is 156 Å². The summed E-state index contributed by atoms with van der Waals surface area (Å²) in [4.78, 5) is 15.8. The molecule has 0 saturated carbocycles. The number of sulfonamides is 6. The molecule has 30 heteroatoms. The molecule has 5 fully saturated rings. The average Bonchev–Trinajstić information content (AvgIpc) is 4.11. The van der Waals surface area contributed by atoms with E-state index in [2.05, 4.69) is 37.5 Å². The number of ether oxygens (including phenoxy) is 2. The second kappa shape index (κ2) is 41.5. The van der Waals surface area contributed by atoms with Crippen molar-refractivity contribution >= 4 is 60.1 Å². The number of morpholine rings is 2. The lowest BCUT2D eigenvalue weighted by molar-refractivity contribution is -0.562. The van der Waals surface area contributed by atoms with E-state index >= 15 is 0 Å². The molecule has 0 aromatic carbocycles. The molecule has 0 radical (unpaired) electrons. The summed E-state index contributed by atoms with van der Waals surface area (Å²) in [6.07, 6.45) is 5.11. The van der Waals surface area contributed by atoms with Crippen molar-refractivity contribution in [2.24, 2.45) is 0 Å². The van der Waals surface area contributed by atoms with Crippen LogP contribution in [0.2, 0.25) is 0 Å². The molecule has 5 saturated heterocycles. The third-order valence-corrected chi connectivity index (χ3v) is 28.9. The van der Waals surface area contributed by atoms with Crippen molar-refractivity contribution in [3.8, 4) is 0 Å². The highest BCUT2D eigenvalue weighted by Crippen LogP contribution is 2.20. The van der Waals surface area contributed by atoms with Crippen molar-refractivity contribution in [2.75, 3.05) is 133 Å². The summed E-state index contributed by atoms with van der Waals surface area (Å²) in [6.45, 7) is 50.9. The molecule has 0 unspecified atom stereocenters. The van der Waals surface area contributed by atoms with Gasteiger partial charge in [0.2, 0.25) is 66.2 Å². The highest BCUT2D eigenvalue weighted by molar-refractivity contribution is 7.91. The van der Waals surface area contributed by atoms with Crippen molar-refractivity contribution in [2.45, 2.75) is 233 Å². The van der Waals surface area contributed by atoms with Crippen LogP contribution >= 0.6 is 0 Å². The average molecular weight is 1360 g/mol. The maximum atomic E-state index is 11.6. The van der Waals surface area contributed by atoms with Gasteiger partial charge in [-0.25, -0.2) is 67.7 Å². The van der Waals surface area contributed by atoms with Crippen LogP contribution < -0.4 is 0 Å². The molecule has 0 atom stereocenters. The minimum atomic E-state index is -3.10. The quantitative estimate of drug-likeness (QED) is 0.149. The molecule has 0 amide bonds. The number of likely N-dealkylation sites (tertiary alicyclic amines) is 1. The van der Waals surface area contributed by atoms with E-state index < -0.39 is 60.1 Å². The Kier molecular flexibility index (Phi) is 43.0. The first-order chi connectivity index (χ1) is 39.0. The lowest BCUT2D eigenvalue weighted by Gasteiger charge is -2.32. The number of nitrogens with zero attached hydrogens (tertiary/aromatic N) is 9. The van der Waals surface area contributed by atoms with Gasteiger partial charge in [0.1, 0.15) is 0 Å². The van der Waals surface area contributed by atoms with Crippen molar-refractivity contribution in [1.82, 2.24) is 35.6 Å². The molecule has 520 valence electrons. The monoisotopic (exact) mass is 1360 g/mol. The molecule has 5 heterocycles. The molecule has 5 aliphatic rings. The number of nitroso groups, excluding NO2 is 1. The minimum Gasteiger partial charge on any atom is -0.379 e. The second-order valence-electron chi connectivity index (χ2n) is 25.1. The lowest BCUT2D eigenvalue weighted by atomic mass is 10.0. The molecule has 24 nitrogen and oxygen atoms in total. The molecular formula is C56H126N9O15S6+. The number of hydrogen-bond acceptors (Lipinski definition) is 17. The van der Waals surface area contributed by atoms with Crippen molar-refractivity contribution in [1.29, 1.82) is 0 Å². The summed E-state index contributed by atoms with van der Waals surface area (Å²) in [7, 11) is -11.7. The molecule has 0 aliphatic carbocycles. The third kappa shape index (κ3) is 32.0. The normalized spacial score (nSPS) is 18.7. The van der Waals surface area contributed by atoms with Gasteiger partial charge in [-0.2, -0.15) is 8.61 Å². The summed E-state index contributed by atoms with van der Waals surface area (Å²) in [6, 6.07) is 1.58. The minimum absolute atomic E-state index is 0.257. The number of hydrogen-bond donors (Lipinski definition) is 0. The zero-order valence-corrected chi connectivity index (χ0v) is 63.0. The Bertz CT molecular complexity index is 2480. The molecule has 5 aliphatic heterocycles. The van der Waals surface area contributed by atoms with Gasteiger partial charge in [-0.1, -0.05) is 13.8 Å². The highest BCUT2D eigenvalue weighted by atomic mass is 32.2. The Hall–Kier alpha value is -1.10. The van der Waals surface area contributed by atoms with E-state index in [-0.39, 0.29) is 43.1 Å². The standard InChI is InChI=1S/C9H19N2O.C8H19NO2S.C7H15NO3S.C7H15NO2S.C7H17NO2S.C7H15NO.C6H13NO2S.C5H13NO2S/c1-8(2)11-6-4-9(5-7-11)10(3)12;1-7(2)12(10,11)9(6)8(3,4)5;1-7(2)12(9,10)8-3-5-11-6-4-8;1-7(2)11(9,10)8-5-3-4-6-8;1-5-8(6-2)11(9,10)7(3)4;1-7(2)8-3-5-9-6-4-8;1-6(2)10(8,9)7-4-3-5-7;1-5(2)9(7,8)6(3)4/h8-9H,4-7H2,1-3H3;7H,1-6H3;7H,3-6H2,1-2H3;7H,3-6H2,1-2H3;7H,5-6H2,1-4H3;7H,3-6H2,1-2H3;6H,3-5H2,1-2H3;5H,1-4H3/q+1;;;;;;;. The van der Waals surface area contributed by atoms with Crippen LogP contribution in [-0.2, 0) is 69.6 Å². The molecule has 86 heavy (non-hydrogen) atoms. The summed E-state index contributed by atoms with van der Waals surface area (Å²) in [5, 5.41) is -1.80. The van der Waals surface area contributed by atoms with E-state index in [1.807, 2.05) is 34.6 Å². The predicted octanol–water partition coefficient (Wildman–Crippen LogP) is 6.11. The van der Waals surface area contributed by atoms with Gasteiger partial charge in [0, 0.05) is 135 Å². The second-order valence-corrected chi connectivity index (χ2v) is 40.3. The first kappa shape index (κ1) is 89.1. The van der Waals surface area contributed by atoms with Gasteiger partial charge in [0.25, 0.3) is 0 Å². The van der Waals surface area contributed by atoms with Crippen LogP contribution in [0.4, 0.5) is 0 Å². The topological polar surface area (TPSA) is 269 Å². The van der Waals surface area contributed by atoms with Gasteiger partial charge in [-0.15, -0.1) is 0 Å². The van der Waals surface area contributed by atoms with E-state index in [0.29, 0.717) is 51.5 Å². The fraction of sp³-hybridized carbons (Fsp3) is 1.00. The summed E-state index contributed by atoms with van der Waals surface area (Å²) < 4.78 is 157. The Labute approximate surface area is 528 Å². The molecule has 0 bridgehead atoms. The van der Waals surface area contributed by atoms with Crippen LogP contribution in [0.25, 0.3) is 0 Å². The molecule has 0 aromatic heterocycles. The van der Waals surface area contributed by atoms with Crippen LogP contribution in [0.5, 0.6) is 0 Å². The smallest absolute Gasteiger partial charge is 0.216 e. The van der Waals surface area contributed by atoms with E-state index in [0.717, 1.165) is 102 Å². The molecule has 0 aromatic rings. The van der Waals surface area contributed by atoms with Crippen molar-refractivity contribution < 1.29 is 64.7 Å². The molecule has 0 N–H and O–H groups in total. The fourth-order valence-electron chi connectivity index (χ4n) is 8.04. The fourth-order valence-corrected chi connectivity index (χ4v) is 15.6. The maximum Gasteiger partial charge on any atom is 0.216 e. The van der Waals surface area contributed by atoms with Gasteiger partial charge in [0.15, 0.2) is 7.05 Å². The van der Waals surface area contributed by atoms with Crippen LogP contribution in [0, 0.1) is 4.91 Å².